The minimum absolute atomic E-state index is 0. The fourth-order valence-corrected chi connectivity index (χ4v) is 1.25. The third-order valence-electron chi connectivity index (χ3n) is 0.213. The fourth-order valence-electron chi connectivity index (χ4n) is 0.139. The Hall–Kier alpha value is 1.10. The molecule has 4 N–H and O–H groups in total. The Morgan fingerprint density at radius 3 is 1.14 bits per heavy atom. The van der Waals surface area contributed by atoms with Gasteiger partial charge < -0.3 is 34.9 Å². The van der Waals surface area contributed by atoms with Crippen molar-refractivity contribution in [1.82, 2.24) is 0 Å². The van der Waals surface area contributed by atoms with Gasteiger partial charge in [0.25, 0.3) is 0 Å². The quantitative estimate of drug-likeness (QED) is 0.167. The summed E-state index contributed by atoms with van der Waals surface area (Å²) in [5.74, 6) is 0. The van der Waals surface area contributed by atoms with Crippen molar-refractivity contribution in [2.24, 2.45) is 0 Å². The SMILES string of the molecule is O=P(O)(O)OP(=O)(O)O.O=[N+]([O-])[O-].[K+]. The molecular formula is H4KNO10P2. The van der Waals surface area contributed by atoms with Crippen molar-refractivity contribution in [2.75, 3.05) is 0 Å². The molecule has 0 fully saturated rings. The van der Waals surface area contributed by atoms with Gasteiger partial charge in [0.15, 0.2) is 0 Å². The predicted molar refractivity (Wildman–Crippen MR) is 35.5 cm³/mol. The van der Waals surface area contributed by atoms with Crippen LogP contribution in [0.3, 0.4) is 0 Å². The van der Waals surface area contributed by atoms with E-state index in [1.807, 2.05) is 0 Å². The molecule has 0 rings (SSSR count). The van der Waals surface area contributed by atoms with E-state index < -0.39 is 20.7 Å². The fraction of sp³-hybridized carbons (Fsp3) is 0. The largest absolute Gasteiger partial charge is 1.00 e. The normalized spacial score (nSPS) is 10.6. The van der Waals surface area contributed by atoms with Gasteiger partial charge in [0.1, 0.15) is 0 Å². The number of hydrogen-bond acceptors (Lipinski definition) is 6. The summed E-state index contributed by atoms with van der Waals surface area (Å²) in [6, 6.07) is 0. The van der Waals surface area contributed by atoms with Crippen LogP contribution < -0.4 is 51.4 Å². The molecule has 0 aromatic carbocycles. The second-order valence-corrected chi connectivity index (χ2v) is 3.90. The monoisotopic (exact) mass is 279 g/mol. The number of hydrogen-bond donors (Lipinski definition) is 4. The van der Waals surface area contributed by atoms with Gasteiger partial charge in [-0.25, -0.2) is 9.13 Å². The number of phosphoric acid groups is 2. The summed E-state index contributed by atoms with van der Waals surface area (Å²) < 4.78 is 22.2. The van der Waals surface area contributed by atoms with Crippen LogP contribution in [0, 0.1) is 15.3 Å². The maximum atomic E-state index is 9.63. The van der Waals surface area contributed by atoms with Crippen molar-refractivity contribution in [3.05, 3.63) is 15.3 Å². The molecule has 0 heterocycles. The van der Waals surface area contributed by atoms with Crippen molar-refractivity contribution in [3.8, 4) is 0 Å². The molecule has 0 aromatic heterocycles. The molecular weight excluding hydrogens is 275 g/mol. The summed E-state index contributed by atoms with van der Waals surface area (Å²) in [6.07, 6.45) is 0. The Bertz CT molecular complexity index is 223. The summed E-state index contributed by atoms with van der Waals surface area (Å²) in [7, 11) is -10.1. The molecule has 0 aliphatic heterocycles. The van der Waals surface area contributed by atoms with Crippen LogP contribution in [-0.2, 0) is 13.4 Å². The van der Waals surface area contributed by atoms with Crippen LogP contribution in [0.4, 0.5) is 0 Å². The van der Waals surface area contributed by atoms with Gasteiger partial charge in [-0.2, -0.15) is 4.31 Å². The van der Waals surface area contributed by atoms with Crippen LogP contribution in [0.2, 0.25) is 0 Å². The number of nitrogens with zero attached hydrogens (tertiary/aromatic N) is 1. The summed E-state index contributed by atoms with van der Waals surface area (Å²) in [5.41, 5.74) is 0. The maximum absolute atomic E-state index is 9.63. The van der Waals surface area contributed by atoms with Crippen molar-refractivity contribution in [3.63, 3.8) is 0 Å². The minimum atomic E-state index is -5.05. The van der Waals surface area contributed by atoms with E-state index in [-0.39, 0.29) is 51.4 Å². The van der Waals surface area contributed by atoms with E-state index in [1.165, 1.54) is 0 Å². The van der Waals surface area contributed by atoms with Crippen LogP contribution in [0.5, 0.6) is 0 Å². The first kappa shape index (κ1) is 20.5. The van der Waals surface area contributed by atoms with E-state index in [4.69, 9.17) is 34.9 Å². The molecule has 0 bridgehead atoms. The molecule has 11 nitrogen and oxygen atoms in total. The molecule has 0 atom stereocenters. The van der Waals surface area contributed by atoms with Gasteiger partial charge in [-0.3, -0.25) is 0 Å². The van der Waals surface area contributed by atoms with E-state index >= 15 is 0 Å². The Labute approximate surface area is 119 Å². The van der Waals surface area contributed by atoms with Gasteiger partial charge in [-0.15, -0.1) is 0 Å². The van der Waals surface area contributed by atoms with E-state index in [2.05, 4.69) is 4.31 Å². The standard InChI is InChI=1S/K.NO3.H4O7P2/c;2-1(3)4;1-8(2,3)7-9(4,5)6/h;;(H2,1,2,3)(H2,4,5,6)/q+1;-1;. The molecule has 0 saturated carbocycles. The van der Waals surface area contributed by atoms with E-state index in [0.29, 0.717) is 0 Å². The second-order valence-electron chi connectivity index (χ2n) is 1.29. The van der Waals surface area contributed by atoms with Crippen molar-refractivity contribution in [2.45, 2.75) is 0 Å². The Morgan fingerprint density at radius 2 is 1.14 bits per heavy atom. The third kappa shape index (κ3) is 38.1. The molecule has 0 aliphatic carbocycles. The van der Waals surface area contributed by atoms with Gasteiger partial charge in [0.2, 0.25) is 0 Å². The molecule has 0 unspecified atom stereocenters. The van der Waals surface area contributed by atoms with Crippen LogP contribution in [-0.4, -0.2) is 24.7 Å². The maximum Gasteiger partial charge on any atom is 1.00 e. The first-order valence-corrected chi connectivity index (χ1v) is 5.14. The van der Waals surface area contributed by atoms with Crippen LogP contribution in [0.15, 0.2) is 0 Å². The minimum Gasteiger partial charge on any atom is -0.356 e. The molecule has 80 valence electrons. The van der Waals surface area contributed by atoms with Crippen molar-refractivity contribution >= 4 is 15.6 Å². The first-order chi connectivity index (χ1) is 5.44. The molecule has 0 radical (unpaired) electrons. The Balaban J connectivity index is -0.000000209. The smallest absolute Gasteiger partial charge is 0.356 e. The Kier molecular flexibility index (Phi) is 12.1. The van der Waals surface area contributed by atoms with Gasteiger partial charge in [0.05, 0.1) is 5.09 Å². The summed E-state index contributed by atoms with van der Waals surface area (Å²) in [6.45, 7) is 0. The summed E-state index contributed by atoms with van der Waals surface area (Å²) >= 11 is 0. The molecule has 14 heteroatoms. The molecule has 14 heavy (non-hydrogen) atoms. The first-order valence-electron chi connectivity index (χ1n) is 2.08. The van der Waals surface area contributed by atoms with Crippen LogP contribution in [0.25, 0.3) is 0 Å². The predicted octanol–water partition coefficient (Wildman–Crippen LogP) is -4.05. The van der Waals surface area contributed by atoms with Gasteiger partial charge in [0, 0.05) is 0 Å². The van der Waals surface area contributed by atoms with Crippen LogP contribution >= 0.6 is 15.6 Å². The molecule has 0 aliphatic rings. The van der Waals surface area contributed by atoms with Gasteiger partial charge in [-0.05, 0) is 0 Å². The van der Waals surface area contributed by atoms with Crippen molar-refractivity contribution < 1.29 is 89.5 Å². The summed E-state index contributed by atoms with van der Waals surface area (Å²) in [5, 5.41) is 14.8. The average Bonchev–Trinajstić information content (AvgIpc) is 1.47. The topological polar surface area (TPSA) is 190 Å². The molecule has 0 amide bonds. The summed E-state index contributed by atoms with van der Waals surface area (Å²) in [4.78, 5) is 39.2. The van der Waals surface area contributed by atoms with Crippen LogP contribution in [0.1, 0.15) is 0 Å². The zero-order chi connectivity index (χ0) is 11.3. The Morgan fingerprint density at radius 1 is 1.00 bits per heavy atom. The van der Waals surface area contributed by atoms with E-state index in [0.717, 1.165) is 0 Å². The number of rotatable bonds is 2. The molecule has 0 aromatic rings. The van der Waals surface area contributed by atoms with Crippen molar-refractivity contribution in [1.29, 1.82) is 0 Å². The molecule has 0 spiro atoms. The van der Waals surface area contributed by atoms with Gasteiger partial charge >= 0.3 is 67.0 Å². The van der Waals surface area contributed by atoms with Gasteiger partial charge in [-0.1, -0.05) is 0 Å². The van der Waals surface area contributed by atoms with E-state index in [1.54, 1.807) is 0 Å². The molecule has 0 saturated heterocycles. The zero-order valence-corrected chi connectivity index (χ0v) is 11.5. The third-order valence-corrected chi connectivity index (χ3v) is 1.91. The average molecular weight is 279 g/mol. The van der Waals surface area contributed by atoms with E-state index in [9.17, 15) is 9.13 Å². The zero-order valence-electron chi connectivity index (χ0n) is 6.58. The second kappa shape index (κ2) is 8.27.